The Kier molecular flexibility index (Phi) is 5.77. The molecular weight excluding hydrogens is 424 g/mol. The van der Waals surface area contributed by atoms with Gasteiger partial charge in [0.2, 0.25) is 5.88 Å². The first-order chi connectivity index (χ1) is 13.9. The molecule has 1 fully saturated rings. The molecule has 1 aromatic heterocycles. The third-order valence-electron chi connectivity index (χ3n) is 4.87. The van der Waals surface area contributed by atoms with Crippen molar-refractivity contribution in [2.24, 2.45) is 10.7 Å². The zero-order valence-corrected chi connectivity index (χ0v) is 16.5. The van der Waals surface area contributed by atoms with Gasteiger partial charge in [-0.05, 0) is 18.2 Å². The van der Waals surface area contributed by atoms with Crippen LogP contribution in [0, 0.1) is 5.82 Å². The smallest absolute Gasteiger partial charge is 0.283 e. The lowest BCUT2D eigenvalue weighted by molar-refractivity contribution is 0.00905. The van der Waals surface area contributed by atoms with E-state index < -0.39 is 29.5 Å². The number of halogens is 3. The van der Waals surface area contributed by atoms with E-state index in [0.717, 1.165) is 6.07 Å². The third kappa shape index (κ3) is 3.50. The first kappa shape index (κ1) is 21.7. The fourth-order valence-corrected chi connectivity index (χ4v) is 3.34. The first-order valence-electron chi connectivity index (χ1n) is 8.59. The van der Waals surface area contributed by atoms with Crippen molar-refractivity contribution < 1.29 is 27.8 Å². The molecule has 0 spiro atoms. The Labute approximate surface area is 176 Å². The standard InChI is InChI=1S/C18H17F2N5O4.ClH/c1-27-14-6-22-13(5-23-14)15(26)24-10-2-3-12(19)11(4-10)18-9-28-7-17(18,20)8-29-16(21)25-18;/h2-6H,7-9H2,1H3,(H2,21,25)(H,24,26);1H/t17-,18-;/m1./s1. The Morgan fingerprint density at radius 3 is 2.77 bits per heavy atom. The van der Waals surface area contributed by atoms with Gasteiger partial charge >= 0.3 is 0 Å². The molecule has 0 aliphatic carbocycles. The highest BCUT2D eigenvalue weighted by Crippen LogP contribution is 2.48. The van der Waals surface area contributed by atoms with Crippen LogP contribution >= 0.6 is 12.4 Å². The van der Waals surface area contributed by atoms with Crippen molar-refractivity contribution in [1.29, 1.82) is 0 Å². The van der Waals surface area contributed by atoms with Crippen LogP contribution in [0.2, 0.25) is 0 Å². The van der Waals surface area contributed by atoms with Gasteiger partial charge in [0.15, 0.2) is 11.2 Å². The topological polar surface area (TPSA) is 121 Å². The number of ether oxygens (including phenoxy) is 3. The number of aromatic nitrogens is 2. The number of fused-ring (bicyclic) bond motifs is 1. The molecule has 0 saturated carbocycles. The Morgan fingerprint density at radius 1 is 1.27 bits per heavy atom. The van der Waals surface area contributed by atoms with Crippen LogP contribution < -0.4 is 15.8 Å². The number of anilines is 1. The molecule has 2 aromatic rings. The number of nitrogens with one attached hydrogen (secondary N) is 1. The van der Waals surface area contributed by atoms with E-state index in [2.05, 4.69) is 20.3 Å². The highest BCUT2D eigenvalue weighted by molar-refractivity contribution is 6.02. The lowest BCUT2D eigenvalue weighted by Gasteiger charge is -2.38. The molecule has 30 heavy (non-hydrogen) atoms. The van der Waals surface area contributed by atoms with Crippen LogP contribution in [0.25, 0.3) is 0 Å². The average molecular weight is 442 g/mol. The van der Waals surface area contributed by atoms with E-state index in [9.17, 15) is 9.18 Å². The molecule has 9 nitrogen and oxygen atoms in total. The minimum Gasteiger partial charge on any atom is -0.480 e. The van der Waals surface area contributed by atoms with Gasteiger partial charge in [-0.2, -0.15) is 0 Å². The summed E-state index contributed by atoms with van der Waals surface area (Å²) >= 11 is 0. The van der Waals surface area contributed by atoms with Crippen LogP contribution in [0.5, 0.6) is 5.88 Å². The second-order valence-corrected chi connectivity index (χ2v) is 6.65. The van der Waals surface area contributed by atoms with Crippen LogP contribution in [-0.4, -0.2) is 54.5 Å². The van der Waals surface area contributed by atoms with Crippen LogP contribution in [0.3, 0.4) is 0 Å². The van der Waals surface area contributed by atoms with Gasteiger partial charge in [-0.25, -0.2) is 23.7 Å². The van der Waals surface area contributed by atoms with E-state index in [1.54, 1.807) is 0 Å². The van der Waals surface area contributed by atoms with Gasteiger partial charge in [0.25, 0.3) is 11.9 Å². The summed E-state index contributed by atoms with van der Waals surface area (Å²) in [5.74, 6) is -1.04. The lowest BCUT2D eigenvalue weighted by atomic mass is 9.78. The Balaban J connectivity index is 0.00000256. The van der Waals surface area contributed by atoms with Crippen molar-refractivity contribution >= 4 is 30.0 Å². The van der Waals surface area contributed by atoms with Crippen molar-refractivity contribution in [1.82, 2.24) is 9.97 Å². The number of carbonyl (C=O) groups excluding carboxylic acids is 1. The predicted octanol–water partition coefficient (Wildman–Crippen LogP) is 1.58. The predicted molar refractivity (Wildman–Crippen MR) is 104 cm³/mol. The molecule has 12 heteroatoms. The van der Waals surface area contributed by atoms with Gasteiger partial charge in [-0.3, -0.25) is 4.79 Å². The van der Waals surface area contributed by atoms with Crippen molar-refractivity contribution in [3.63, 3.8) is 0 Å². The van der Waals surface area contributed by atoms with Gasteiger partial charge < -0.3 is 25.3 Å². The molecule has 160 valence electrons. The Bertz CT molecular complexity index is 993. The molecule has 2 aliphatic rings. The maximum atomic E-state index is 15.5. The maximum absolute atomic E-state index is 15.5. The molecular formula is C18H18ClF2N5O4. The summed E-state index contributed by atoms with van der Waals surface area (Å²) in [5, 5.41) is 2.58. The molecule has 0 bridgehead atoms. The van der Waals surface area contributed by atoms with Crippen molar-refractivity contribution in [2.45, 2.75) is 11.2 Å². The maximum Gasteiger partial charge on any atom is 0.283 e. The van der Waals surface area contributed by atoms with Crippen molar-refractivity contribution in [3.8, 4) is 5.88 Å². The van der Waals surface area contributed by atoms with E-state index in [1.807, 2.05) is 0 Å². The third-order valence-corrected chi connectivity index (χ3v) is 4.87. The molecule has 3 N–H and O–H groups in total. The molecule has 2 aliphatic heterocycles. The number of carbonyl (C=O) groups is 1. The molecule has 0 radical (unpaired) electrons. The van der Waals surface area contributed by atoms with Gasteiger partial charge in [0.1, 0.15) is 18.1 Å². The summed E-state index contributed by atoms with van der Waals surface area (Å²) in [6.45, 7) is -0.952. The summed E-state index contributed by atoms with van der Waals surface area (Å²) in [6.07, 6.45) is 2.52. The summed E-state index contributed by atoms with van der Waals surface area (Å²) in [7, 11) is 1.42. The molecule has 3 heterocycles. The largest absolute Gasteiger partial charge is 0.480 e. The highest BCUT2D eigenvalue weighted by Gasteiger charge is 2.62. The summed E-state index contributed by atoms with van der Waals surface area (Å²) in [4.78, 5) is 24.3. The lowest BCUT2D eigenvalue weighted by Crippen LogP contribution is -2.55. The fraction of sp³-hybridized carbons (Fsp3) is 0.333. The zero-order valence-electron chi connectivity index (χ0n) is 15.7. The SMILES string of the molecule is COc1cnc(C(=O)Nc2ccc(F)c([C@]34COC[C@@]3(F)COC(N)=N4)c2)cn1.Cl. The number of amidine groups is 1. The van der Waals surface area contributed by atoms with Crippen LogP contribution in [0.1, 0.15) is 16.1 Å². The number of nitrogens with two attached hydrogens (primary N) is 1. The second kappa shape index (κ2) is 8.00. The van der Waals surface area contributed by atoms with Gasteiger partial charge in [0, 0.05) is 11.3 Å². The van der Waals surface area contributed by atoms with Gasteiger partial charge in [-0.15, -0.1) is 12.4 Å². The minimum absolute atomic E-state index is 0. The zero-order chi connectivity index (χ0) is 20.6. The number of methoxy groups -OCH3 is 1. The number of alkyl halides is 1. The molecule has 0 unspecified atom stereocenters. The summed E-state index contributed by atoms with van der Waals surface area (Å²) < 4.78 is 45.4. The number of benzene rings is 1. The quantitative estimate of drug-likeness (QED) is 0.738. The van der Waals surface area contributed by atoms with Crippen LogP contribution in [0.15, 0.2) is 35.6 Å². The number of nitrogens with zero attached hydrogens (tertiary/aromatic N) is 3. The number of aliphatic imine (C=N–C) groups is 1. The number of hydrogen-bond acceptors (Lipinski definition) is 8. The van der Waals surface area contributed by atoms with Crippen LogP contribution in [-0.2, 0) is 15.0 Å². The summed E-state index contributed by atoms with van der Waals surface area (Å²) in [5.41, 5.74) is 1.97. The van der Waals surface area contributed by atoms with E-state index in [-0.39, 0.29) is 54.5 Å². The Morgan fingerprint density at radius 2 is 2.07 bits per heavy atom. The Hall–Kier alpha value is -3.05. The van der Waals surface area contributed by atoms with Crippen LogP contribution in [0.4, 0.5) is 14.5 Å². The summed E-state index contributed by atoms with van der Waals surface area (Å²) in [6, 6.07) is 3.49. The molecule has 4 rings (SSSR count). The van der Waals surface area contributed by atoms with Crippen molar-refractivity contribution in [2.75, 3.05) is 32.2 Å². The normalized spacial score (nSPS) is 24.7. The minimum atomic E-state index is -2.10. The van der Waals surface area contributed by atoms with E-state index in [0.29, 0.717) is 0 Å². The molecule has 1 amide bonds. The van der Waals surface area contributed by atoms with Gasteiger partial charge in [-0.1, -0.05) is 0 Å². The highest BCUT2D eigenvalue weighted by atomic mass is 35.5. The van der Waals surface area contributed by atoms with Gasteiger partial charge in [0.05, 0.1) is 32.7 Å². The van der Waals surface area contributed by atoms with E-state index >= 15 is 4.39 Å². The van der Waals surface area contributed by atoms with E-state index in [1.165, 1.54) is 31.6 Å². The number of rotatable bonds is 4. The number of hydrogen-bond donors (Lipinski definition) is 2. The monoisotopic (exact) mass is 441 g/mol. The number of amides is 1. The average Bonchev–Trinajstić information content (AvgIpc) is 3.06. The second-order valence-electron chi connectivity index (χ2n) is 6.65. The molecule has 2 atom stereocenters. The fourth-order valence-electron chi connectivity index (χ4n) is 3.34. The first-order valence-corrected chi connectivity index (χ1v) is 8.59. The molecule has 1 aromatic carbocycles. The van der Waals surface area contributed by atoms with E-state index in [4.69, 9.17) is 19.9 Å². The molecule has 1 saturated heterocycles. The van der Waals surface area contributed by atoms with Crippen molar-refractivity contribution in [3.05, 3.63) is 47.7 Å².